The zero-order valence-corrected chi connectivity index (χ0v) is 13.0. The first-order valence-corrected chi connectivity index (χ1v) is 8.13. The monoisotopic (exact) mass is 315 g/mol. The molecule has 0 saturated heterocycles. The van der Waals surface area contributed by atoms with Crippen LogP contribution in [0.5, 0.6) is 0 Å². The summed E-state index contributed by atoms with van der Waals surface area (Å²) in [5.41, 5.74) is 1.39. The number of hydrogen-bond acceptors (Lipinski definition) is 3. The van der Waals surface area contributed by atoms with E-state index >= 15 is 0 Å². The quantitative estimate of drug-likeness (QED) is 0.642. The smallest absolute Gasteiger partial charge is 0.295 e. The van der Waals surface area contributed by atoms with Crippen molar-refractivity contribution < 1.29 is 13.0 Å². The molecule has 0 aliphatic heterocycles. The Morgan fingerprint density at radius 2 is 1.91 bits per heavy atom. The molecule has 0 atom stereocenters. The summed E-state index contributed by atoms with van der Waals surface area (Å²) in [6.45, 7) is 5.48. The molecule has 0 saturated carbocycles. The van der Waals surface area contributed by atoms with Crippen LogP contribution in [0.3, 0.4) is 0 Å². The van der Waals surface area contributed by atoms with Crippen molar-refractivity contribution in [2.45, 2.75) is 11.8 Å². The van der Waals surface area contributed by atoms with Gasteiger partial charge in [0.2, 0.25) is 0 Å². The minimum Gasteiger partial charge on any atom is -0.355 e. The van der Waals surface area contributed by atoms with Crippen molar-refractivity contribution in [3.63, 3.8) is 0 Å². The largest absolute Gasteiger partial charge is 0.355 e. The van der Waals surface area contributed by atoms with Gasteiger partial charge in [-0.3, -0.25) is 4.55 Å². The first kappa shape index (κ1) is 16.0. The second-order valence-electron chi connectivity index (χ2n) is 4.60. The molecule has 0 fully saturated rings. The average molecular weight is 315 g/mol. The molecule has 0 amide bonds. The van der Waals surface area contributed by atoms with Crippen molar-refractivity contribution in [1.82, 2.24) is 0 Å². The highest BCUT2D eigenvalue weighted by molar-refractivity contribution is 7.86. The summed E-state index contributed by atoms with van der Waals surface area (Å²) in [5.74, 6) is 0. The van der Waals surface area contributed by atoms with E-state index < -0.39 is 10.1 Å². The highest BCUT2D eigenvalue weighted by Gasteiger charge is 2.16. The van der Waals surface area contributed by atoms with Crippen LogP contribution in [-0.2, 0) is 10.1 Å². The molecule has 0 radical (unpaired) electrons. The van der Waals surface area contributed by atoms with Crippen molar-refractivity contribution in [2.24, 2.45) is 0 Å². The van der Waals surface area contributed by atoms with Gasteiger partial charge in [0.25, 0.3) is 10.1 Å². The third kappa shape index (κ3) is 3.44. The molecule has 5 heteroatoms. The van der Waals surface area contributed by atoms with Crippen LogP contribution in [-0.4, -0.2) is 13.0 Å². The van der Waals surface area contributed by atoms with Crippen molar-refractivity contribution in [2.75, 3.05) is 5.32 Å². The number of hydrogen-bond donors (Lipinski definition) is 2. The third-order valence-electron chi connectivity index (χ3n) is 3.15. The predicted molar refractivity (Wildman–Crippen MR) is 90.5 cm³/mol. The maximum Gasteiger partial charge on any atom is 0.295 e. The zero-order chi connectivity index (χ0) is 16.2. The number of allylic oxidation sites excluding steroid dienone is 4. The van der Waals surface area contributed by atoms with Gasteiger partial charge in [-0.15, -0.1) is 0 Å². The van der Waals surface area contributed by atoms with Gasteiger partial charge in [-0.05, 0) is 30.5 Å². The minimum atomic E-state index is -4.31. The van der Waals surface area contributed by atoms with Crippen molar-refractivity contribution >= 4 is 26.6 Å². The molecule has 2 aromatic rings. The van der Waals surface area contributed by atoms with E-state index in [0.717, 1.165) is 11.1 Å². The van der Waals surface area contributed by atoms with Crippen molar-refractivity contribution in [3.05, 3.63) is 73.0 Å². The van der Waals surface area contributed by atoms with Crippen LogP contribution in [0, 0.1) is 0 Å². The Morgan fingerprint density at radius 3 is 2.50 bits per heavy atom. The SMILES string of the molecule is C=C/C=C\C(=C/C)Nc1cccc2cccc(S(=O)(=O)O)c12. The third-order valence-corrected chi connectivity index (χ3v) is 4.04. The van der Waals surface area contributed by atoms with E-state index in [2.05, 4.69) is 11.9 Å². The first-order chi connectivity index (χ1) is 10.5. The molecule has 2 N–H and O–H groups in total. The Bertz CT molecular complexity index is 859. The zero-order valence-electron chi connectivity index (χ0n) is 12.2. The second-order valence-corrected chi connectivity index (χ2v) is 5.99. The minimum absolute atomic E-state index is 0.115. The lowest BCUT2D eigenvalue weighted by molar-refractivity contribution is 0.484. The van der Waals surface area contributed by atoms with Gasteiger partial charge >= 0.3 is 0 Å². The molecule has 2 aromatic carbocycles. The molecule has 22 heavy (non-hydrogen) atoms. The van der Waals surface area contributed by atoms with Gasteiger partial charge in [0, 0.05) is 16.8 Å². The number of anilines is 1. The van der Waals surface area contributed by atoms with E-state index in [0.29, 0.717) is 11.1 Å². The predicted octanol–water partition coefficient (Wildman–Crippen LogP) is 4.14. The van der Waals surface area contributed by atoms with Gasteiger partial charge < -0.3 is 5.32 Å². The van der Waals surface area contributed by atoms with Crippen LogP contribution in [0.2, 0.25) is 0 Å². The standard InChI is InChI=1S/C17H17NO3S/c1-3-5-10-14(4-2)18-15-11-6-8-13-9-7-12-16(17(13)15)22(19,20)21/h3-12,18H,1H2,2H3,(H,19,20,21)/b10-5-,14-4+. The fourth-order valence-corrected chi connectivity index (χ4v) is 2.90. The lowest BCUT2D eigenvalue weighted by atomic mass is 10.1. The molecular formula is C17H17NO3S. The van der Waals surface area contributed by atoms with Crippen LogP contribution in [0.25, 0.3) is 10.8 Å². The van der Waals surface area contributed by atoms with Crippen LogP contribution in [0.4, 0.5) is 5.69 Å². The normalized spacial score (nSPS) is 12.7. The van der Waals surface area contributed by atoms with E-state index in [-0.39, 0.29) is 4.90 Å². The van der Waals surface area contributed by atoms with Gasteiger partial charge in [0.1, 0.15) is 4.90 Å². The van der Waals surface area contributed by atoms with E-state index in [1.54, 1.807) is 36.4 Å². The highest BCUT2D eigenvalue weighted by atomic mass is 32.2. The molecule has 0 heterocycles. The molecule has 0 aliphatic carbocycles. The van der Waals surface area contributed by atoms with Gasteiger partial charge in [-0.25, -0.2) is 0 Å². The summed E-state index contributed by atoms with van der Waals surface area (Å²) in [5, 5.41) is 4.35. The van der Waals surface area contributed by atoms with Crippen LogP contribution < -0.4 is 5.32 Å². The van der Waals surface area contributed by atoms with Crippen LogP contribution >= 0.6 is 0 Å². The summed E-state index contributed by atoms with van der Waals surface area (Å²) in [4.78, 5) is -0.115. The summed E-state index contributed by atoms with van der Waals surface area (Å²) in [7, 11) is -4.31. The second kappa shape index (κ2) is 6.60. The van der Waals surface area contributed by atoms with Crippen LogP contribution in [0.1, 0.15) is 6.92 Å². The number of rotatable bonds is 5. The molecule has 0 aliphatic rings. The summed E-state index contributed by atoms with van der Waals surface area (Å²) >= 11 is 0. The van der Waals surface area contributed by atoms with Gasteiger partial charge in [0.15, 0.2) is 0 Å². The van der Waals surface area contributed by atoms with Gasteiger partial charge in [-0.1, -0.05) is 49.1 Å². The molecule has 4 nitrogen and oxygen atoms in total. The number of nitrogens with one attached hydrogen (secondary N) is 1. The Morgan fingerprint density at radius 1 is 1.23 bits per heavy atom. The van der Waals surface area contributed by atoms with Gasteiger partial charge in [-0.2, -0.15) is 8.42 Å². The molecule has 0 spiro atoms. The lowest BCUT2D eigenvalue weighted by Gasteiger charge is -2.12. The van der Waals surface area contributed by atoms with Gasteiger partial charge in [0.05, 0.1) is 0 Å². The number of benzene rings is 2. The Kier molecular flexibility index (Phi) is 4.80. The molecule has 2 rings (SSSR count). The highest BCUT2D eigenvalue weighted by Crippen LogP contribution is 2.30. The maximum atomic E-state index is 11.6. The Hall–Kier alpha value is -2.37. The van der Waals surface area contributed by atoms with E-state index in [1.165, 1.54) is 6.07 Å². The molecule has 0 bridgehead atoms. The summed E-state index contributed by atoms with van der Waals surface area (Å²) in [6, 6.07) is 10.2. The average Bonchev–Trinajstić information content (AvgIpc) is 2.50. The topological polar surface area (TPSA) is 66.4 Å². The van der Waals surface area contributed by atoms with Crippen molar-refractivity contribution in [3.8, 4) is 0 Å². The van der Waals surface area contributed by atoms with Crippen LogP contribution in [0.15, 0.2) is 77.9 Å². The maximum absolute atomic E-state index is 11.6. The molecule has 114 valence electrons. The Balaban J connectivity index is 2.64. The summed E-state index contributed by atoms with van der Waals surface area (Å²) in [6.07, 6.45) is 7.10. The molecule has 0 unspecified atom stereocenters. The summed E-state index contributed by atoms with van der Waals surface area (Å²) < 4.78 is 32.7. The van der Waals surface area contributed by atoms with E-state index in [4.69, 9.17) is 0 Å². The fraction of sp³-hybridized carbons (Fsp3) is 0.0588. The number of fused-ring (bicyclic) bond motifs is 1. The molecule has 0 aromatic heterocycles. The van der Waals surface area contributed by atoms with E-state index in [1.807, 2.05) is 25.1 Å². The van der Waals surface area contributed by atoms with E-state index in [9.17, 15) is 13.0 Å². The molecular weight excluding hydrogens is 298 g/mol. The lowest BCUT2D eigenvalue weighted by Crippen LogP contribution is -2.03. The Labute approximate surface area is 130 Å². The van der Waals surface area contributed by atoms with Crippen molar-refractivity contribution in [1.29, 1.82) is 0 Å². The first-order valence-electron chi connectivity index (χ1n) is 6.69. The fourth-order valence-electron chi connectivity index (χ4n) is 2.16.